The standard InChI is InChI=1S/C20H20N4O4S/c21-11-15-3-8-19(22-12-15)28-17-13-23(14-17)20(25)16-4-6-18(7-5-16)29(26,27)24-9-1-2-10-24/h3-8,12,17H,1-2,9-10,13-14H2. The minimum Gasteiger partial charge on any atom is -0.471 e. The van der Waals surface area contributed by atoms with Crippen molar-refractivity contribution < 1.29 is 17.9 Å². The molecule has 0 unspecified atom stereocenters. The lowest BCUT2D eigenvalue weighted by molar-refractivity contribution is 0.0160. The molecule has 0 spiro atoms. The van der Waals surface area contributed by atoms with Crippen molar-refractivity contribution in [2.75, 3.05) is 26.2 Å². The van der Waals surface area contributed by atoms with E-state index >= 15 is 0 Å². The van der Waals surface area contributed by atoms with Gasteiger partial charge in [0, 0.05) is 30.9 Å². The van der Waals surface area contributed by atoms with E-state index in [2.05, 4.69) is 4.98 Å². The molecule has 2 aromatic rings. The number of hydrogen-bond donors (Lipinski definition) is 0. The molecule has 0 radical (unpaired) electrons. The Morgan fingerprint density at radius 3 is 2.38 bits per heavy atom. The predicted molar refractivity (Wildman–Crippen MR) is 104 cm³/mol. The quantitative estimate of drug-likeness (QED) is 0.740. The minimum atomic E-state index is -3.48. The Labute approximate surface area is 169 Å². The number of pyridine rings is 1. The largest absolute Gasteiger partial charge is 0.471 e. The summed E-state index contributed by atoms with van der Waals surface area (Å²) in [7, 11) is -3.48. The zero-order valence-corrected chi connectivity index (χ0v) is 16.5. The van der Waals surface area contributed by atoms with E-state index < -0.39 is 10.0 Å². The van der Waals surface area contributed by atoms with Crippen molar-refractivity contribution in [3.8, 4) is 11.9 Å². The molecule has 0 aliphatic carbocycles. The number of ether oxygens (including phenoxy) is 1. The Balaban J connectivity index is 1.34. The van der Waals surface area contributed by atoms with Gasteiger partial charge in [0.05, 0.1) is 23.5 Å². The van der Waals surface area contributed by atoms with Crippen LogP contribution in [-0.2, 0) is 10.0 Å². The van der Waals surface area contributed by atoms with E-state index in [0.717, 1.165) is 12.8 Å². The first-order valence-electron chi connectivity index (χ1n) is 9.40. The fourth-order valence-corrected chi connectivity index (χ4v) is 4.91. The second-order valence-electron chi connectivity index (χ2n) is 7.08. The number of carbonyl (C=O) groups excluding carboxylic acids is 1. The van der Waals surface area contributed by atoms with Crippen LogP contribution in [0.5, 0.6) is 5.88 Å². The van der Waals surface area contributed by atoms with E-state index in [1.165, 1.54) is 22.6 Å². The molecule has 2 aliphatic heterocycles. The number of benzene rings is 1. The monoisotopic (exact) mass is 412 g/mol. The molecule has 0 atom stereocenters. The average molecular weight is 412 g/mol. The van der Waals surface area contributed by atoms with E-state index in [1.54, 1.807) is 29.2 Å². The molecule has 2 aliphatic rings. The lowest BCUT2D eigenvalue weighted by Gasteiger charge is -2.38. The van der Waals surface area contributed by atoms with Gasteiger partial charge in [0.15, 0.2) is 0 Å². The first-order chi connectivity index (χ1) is 14.0. The Hall–Kier alpha value is -2.96. The number of amides is 1. The molecular weight excluding hydrogens is 392 g/mol. The van der Waals surface area contributed by atoms with Crippen LogP contribution in [0.2, 0.25) is 0 Å². The zero-order valence-electron chi connectivity index (χ0n) is 15.7. The van der Waals surface area contributed by atoms with Crippen molar-refractivity contribution in [2.24, 2.45) is 0 Å². The van der Waals surface area contributed by atoms with Crippen molar-refractivity contribution in [3.05, 3.63) is 53.7 Å². The summed E-state index contributed by atoms with van der Waals surface area (Å²) < 4.78 is 32.3. The van der Waals surface area contributed by atoms with Crippen LogP contribution < -0.4 is 4.74 Å². The molecule has 1 aromatic heterocycles. The average Bonchev–Trinajstić information content (AvgIpc) is 3.26. The van der Waals surface area contributed by atoms with Gasteiger partial charge in [0.2, 0.25) is 15.9 Å². The number of sulfonamides is 1. The maximum Gasteiger partial charge on any atom is 0.254 e. The summed E-state index contributed by atoms with van der Waals surface area (Å²) in [6.07, 6.45) is 3.04. The molecule has 2 saturated heterocycles. The fourth-order valence-electron chi connectivity index (χ4n) is 3.40. The molecule has 1 aromatic carbocycles. The first-order valence-corrected chi connectivity index (χ1v) is 10.8. The first kappa shape index (κ1) is 19.4. The molecular formula is C20H20N4O4S. The third-order valence-corrected chi connectivity index (χ3v) is 7.01. The van der Waals surface area contributed by atoms with Gasteiger partial charge in [-0.25, -0.2) is 13.4 Å². The van der Waals surface area contributed by atoms with E-state index in [9.17, 15) is 13.2 Å². The van der Waals surface area contributed by atoms with Crippen molar-refractivity contribution in [2.45, 2.75) is 23.8 Å². The van der Waals surface area contributed by atoms with Crippen molar-refractivity contribution >= 4 is 15.9 Å². The summed E-state index contributed by atoms with van der Waals surface area (Å²) >= 11 is 0. The van der Waals surface area contributed by atoms with Gasteiger partial charge in [-0.3, -0.25) is 4.79 Å². The molecule has 150 valence electrons. The van der Waals surface area contributed by atoms with Crippen molar-refractivity contribution in [1.29, 1.82) is 5.26 Å². The number of aromatic nitrogens is 1. The maximum atomic E-state index is 12.6. The van der Waals surface area contributed by atoms with E-state index in [0.29, 0.717) is 43.2 Å². The fraction of sp³-hybridized carbons (Fsp3) is 0.350. The lowest BCUT2D eigenvalue weighted by atomic mass is 10.1. The summed E-state index contributed by atoms with van der Waals surface area (Å²) in [4.78, 5) is 18.5. The molecule has 9 heteroatoms. The second kappa shape index (κ2) is 7.81. The molecule has 1 amide bonds. The van der Waals surface area contributed by atoms with Crippen molar-refractivity contribution in [3.63, 3.8) is 0 Å². The van der Waals surface area contributed by atoms with Gasteiger partial charge < -0.3 is 9.64 Å². The van der Waals surface area contributed by atoms with Gasteiger partial charge in [-0.2, -0.15) is 9.57 Å². The minimum absolute atomic E-state index is 0.158. The number of nitrogens with zero attached hydrogens (tertiary/aromatic N) is 4. The van der Waals surface area contributed by atoms with E-state index in [-0.39, 0.29) is 16.9 Å². The van der Waals surface area contributed by atoms with Crippen LogP contribution >= 0.6 is 0 Å². The summed E-state index contributed by atoms with van der Waals surface area (Å²) in [5.74, 6) is 0.250. The van der Waals surface area contributed by atoms with Crippen molar-refractivity contribution in [1.82, 2.24) is 14.2 Å². The Bertz CT molecular complexity index is 1030. The van der Waals surface area contributed by atoms with Gasteiger partial charge in [0.25, 0.3) is 5.91 Å². The number of carbonyl (C=O) groups is 1. The Kier molecular flexibility index (Phi) is 5.22. The highest BCUT2D eigenvalue weighted by molar-refractivity contribution is 7.89. The Morgan fingerprint density at radius 2 is 1.79 bits per heavy atom. The van der Waals surface area contributed by atoms with Crippen LogP contribution in [0.4, 0.5) is 0 Å². The van der Waals surface area contributed by atoms with Crippen LogP contribution in [0, 0.1) is 11.3 Å². The van der Waals surface area contributed by atoms with E-state index in [4.69, 9.17) is 10.00 Å². The zero-order chi connectivity index (χ0) is 20.4. The molecule has 8 nitrogen and oxygen atoms in total. The predicted octanol–water partition coefficient (Wildman–Crippen LogP) is 1.64. The molecule has 0 N–H and O–H groups in total. The molecule has 0 bridgehead atoms. The lowest BCUT2D eigenvalue weighted by Crippen LogP contribution is -2.56. The molecule has 0 saturated carbocycles. The number of hydrogen-bond acceptors (Lipinski definition) is 6. The Morgan fingerprint density at radius 1 is 1.10 bits per heavy atom. The highest BCUT2D eigenvalue weighted by Gasteiger charge is 2.33. The summed E-state index contributed by atoms with van der Waals surface area (Å²) in [5, 5.41) is 8.78. The smallest absolute Gasteiger partial charge is 0.254 e. The van der Waals surface area contributed by atoms with E-state index in [1.807, 2.05) is 6.07 Å². The van der Waals surface area contributed by atoms with Gasteiger partial charge in [-0.15, -0.1) is 0 Å². The van der Waals surface area contributed by atoms with Gasteiger partial charge in [-0.1, -0.05) is 0 Å². The number of rotatable bonds is 5. The third kappa shape index (κ3) is 3.95. The third-order valence-electron chi connectivity index (χ3n) is 5.09. The van der Waals surface area contributed by atoms with Crippen LogP contribution in [-0.4, -0.2) is 60.8 Å². The normalized spacial score (nSPS) is 17.6. The molecule has 4 rings (SSSR count). The molecule has 2 fully saturated rings. The number of nitriles is 1. The van der Waals surface area contributed by atoms with Crippen LogP contribution in [0.1, 0.15) is 28.8 Å². The highest BCUT2D eigenvalue weighted by Crippen LogP contribution is 2.23. The second-order valence-corrected chi connectivity index (χ2v) is 9.02. The SMILES string of the molecule is N#Cc1ccc(OC2CN(C(=O)c3ccc(S(=O)(=O)N4CCCC4)cc3)C2)nc1. The summed E-state index contributed by atoms with van der Waals surface area (Å²) in [5.41, 5.74) is 0.901. The van der Waals surface area contributed by atoms with Crippen LogP contribution in [0.15, 0.2) is 47.5 Å². The number of likely N-dealkylation sites (tertiary alicyclic amines) is 1. The van der Waals surface area contributed by atoms with Gasteiger partial charge in [0.1, 0.15) is 12.2 Å². The highest BCUT2D eigenvalue weighted by atomic mass is 32.2. The van der Waals surface area contributed by atoms with Gasteiger partial charge >= 0.3 is 0 Å². The topological polar surface area (TPSA) is 104 Å². The summed E-state index contributed by atoms with van der Waals surface area (Å²) in [6.45, 7) is 1.95. The molecule has 29 heavy (non-hydrogen) atoms. The maximum absolute atomic E-state index is 12.6. The van der Waals surface area contributed by atoms with Crippen LogP contribution in [0.3, 0.4) is 0 Å². The summed E-state index contributed by atoms with van der Waals surface area (Å²) in [6, 6.07) is 11.4. The van der Waals surface area contributed by atoms with Crippen LogP contribution in [0.25, 0.3) is 0 Å². The van der Waals surface area contributed by atoms with Gasteiger partial charge in [-0.05, 0) is 43.2 Å². The molecule has 3 heterocycles.